The molecule has 0 saturated carbocycles. The first kappa shape index (κ1) is 42.9. The predicted molar refractivity (Wildman–Crippen MR) is 198 cm³/mol. The van der Waals surface area contributed by atoms with Crippen LogP contribution in [0.15, 0.2) is 52.5 Å². The zero-order chi connectivity index (χ0) is 41.4. The van der Waals surface area contributed by atoms with Gasteiger partial charge in [-0.05, 0) is 46.3 Å². The molecule has 1 amide bonds. The van der Waals surface area contributed by atoms with Crippen molar-refractivity contribution < 1.29 is 68.8 Å². The zero-order valence-electron chi connectivity index (χ0n) is 32.6. The van der Waals surface area contributed by atoms with Crippen molar-refractivity contribution in [3.05, 3.63) is 69.2 Å². The first-order valence-corrected chi connectivity index (χ1v) is 17.8. The van der Waals surface area contributed by atoms with Crippen LogP contribution in [0.2, 0.25) is 0 Å². The van der Waals surface area contributed by atoms with Crippen molar-refractivity contribution in [3.8, 4) is 11.5 Å². The van der Waals surface area contributed by atoms with Crippen molar-refractivity contribution in [2.45, 2.75) is 92.3 Å². The van der Waals surface area contributed by atoms with Crippen LogP contribution in [0.1, 0.15) is 76.9 Å². The summed E-state index contributed by atoms with van der Waals surface area (Å²) in [5.74, 6) is -8.68. The number of anilines is 1. The molecular weight excluding hydrogens is 718 g/mol. The summed E-state index contributed by atoms with van der Waals surface area (Å²) in [6.45, 7) is 12.3. The van der Waals surface area contributed by atoms with Crippen molar-refractivity contribution in [3.63, 3.8) is 0 Å². The largest absolute Gasteiger partial charge is 0.505 e. The second kappa shape index (κ2) is 16.5. The van der Waals surface area contributed by atoms with Crippen molar-refractivity contribution in [2.24, 2.45) is 23.7 Å². The van der Waals surface area contributed by atoms with Crippen LogP contribution in [-0.4, -0.2) is 98.2 Å². The minimum atomic E-state index is -2.17. The molecule has 1 aromatic carbocycles. The van der Waals surface area contributed by atoms with Gasteiger partial charge >= 0.3 is 11.9 Å². The van der Waals surface area contributed by atoms with E-state index in [2.05, 4.69) is 5.32 Å². The standard InChI is InChI=1S/C40H51NO14/c1-16-12-11-13-17(2)38(49)41-28-19(4)36(55-23(8)42)24-25(33(28)47)31(45)21(6)35-26(24)34(53-15-54-35)18(3)14-40(9,51)37(48)22(7)32(46)27(39(50)52-10)30(44)20(5)29(16)43/h11-14,16,20,22,27,29-30,32,37,43-44,46-48,51H,15H2,1-10H3,(H,41,49)/b12-11-,17-13+,18-14+/t16-,20-,22+,27-,29-,30-,32-,37+,40-/m1/s1. The first-order chi connectivity index (χ1) is 25.6. The van der Waals surface area contributed by atoms with Gasteiger partial charge in [0.05, 0.1) is 48.3 Å². The molecule has 55 heavy (non-hydrogen) atoms. The Bertz CT molecular complexity index is 1920. The lowest BCUT2D eigenvalue weighted by atomic mass is 9.75. The minimum Gasteiger partial charge on any atom is -0.505 e. The Morgan fingerprint density at radius 3 is 2.11 bits per heavy atom. The molecule has 15 nitrogen and oxygen atoms in total. The Morgan fingerprint density at radius 2 is 1.51 bits per heavy atom. The van der Waals surface area contributed by atoms with Gasteiger partial charge in [-0.1, -0.05) is 39.0 Å². The van der Waals surface area contributed by atoms with E-state index in [1.165, 1.54) is 66.7 Å². The smallest absolute Gasteiger partial charge is 0.313 e. The number of Topliss-reactive ketones (excluding diaryl/α,β-unsaturated/α-hetero) is 1. The van der Waals surface area contributed by atoms with Crippen LogP contribution in [0.5, 0.6) is 11.5 Å². The number of rotatable bonds is 2. The van der Waals surface area contributed by atoms with Crippen LogP contribution in [0.3, 0.4) is 0 Å². The van der Waals surface area contributed by atoms with E-state index in [0.29, 0.717) is 0 Å². The molecule has 9 atom stereocenters. The molecule has 0 spiro atoms. The highest BCUT2D eigenvalue weighted by atomic mass is 16.7. The summed E-state index contributed by atoms with van der Waals surface area (Å²) in [4.78, 5) is 53.0. The summed E-state index contributed by atoms with van der Waals surface area (Å²) < 4.78 is 22.3. The highest BCUT2D eigenvalue weighted by Crippen LogP contribution is 2.53. The summed E-state index contributed by atoms with van der Waals surface area (Å²) in [5, 5.41) is 71.8. The molecule has 15 heteroatoms. The molecule has 0 unspecified atom stereocenters. The van der Waals surface area contributed by atoms with E-state index in [-0.39, 0.29) is 61.9 Å². The number of amides is 1. The Balaban J connectivity index is 2.07. The number of hydrogen-bond acceptors (Lipinski definition) is 14. The van der Waals surface area contributed by atoms with Crippen LogP contribution in [0.4, 0.5) is 5.69 Å². The average Bonchev–Trinajstić information content (AvgIpc) is 3.13. The Hall–Kier alpha value is -4.80. The molecule has 300 valence electrons. The molecule has 0 radical (unpaired) electrons. The number of ketones is 1. The van der Waals surface area contributed by atoms with Crippen LogP contribution in [-0.2, 0) is 28.6 Å². The zero-order valence-corrected chi connectivity index (χ0v) is 32.6. The number of benzene rings is 1. The molecule has 4 aliphatic rings. The second-order valence-corrected chi connectivity index (χ2v) is 14.7. The van der Waals surface area contributed by atoms with Crippen LogP contribution in [0, 0.1) is 30.6 Å². The fraction of sp³-hybridized carbons (Fsp3) is 0.500. The number of carbonyl (C=O) groups excluding carboxylic acids is 4. The molecule has 0 aromatic heterocycles. The third-order valence-electron chi connectivity index (χ3n) is 10.6. The normalized spacial score (nSPS) is 33.3. The molecule has 1 aromatic rings. The number of aliphatic hydroxyl groups is 5. The van der Waals surface area contributed by atoms with Gasteiger partial charge in [0.25, 0.3) is 5.91 Å². The fourth-order valence-corrected chi connectivity index (χ4v) is 7.28. The number of phenolic OH excluding ortho intramolecular Hbond substituents is 1. The van der Waals surface area contributed by atoms with E-state index in [1.807, 2.05) is 0 Å². The number of ether oxygens (including phenoxy) is 4. The lowest BCUT2D eigenvalue weighted by Crippen LogP contribution is -2.53. The molecule has 4 bridgehead atoms. The highest BCUT2D eigenvalue weighted by molar-refractivity contribution is 6.21. The number of carbonyl (C=O) groups is 4. The third-order valence-corrected chi connectivity index (χ3v) is 10.6. The quantitative estimate of drug-likeness (QED) is 0.130. The Kier molecular flexibility index (Phi) is 12.9. The SMILES string of the molecule is COC(=O)[C@@H]1[C@H](O)[C@H](C)[C@H](O)[C@H](C)/C=C\C=C(/C)C(=O)Nc2c(C)c(OC(C)=O)c3c(c2O)C(=O)C(C)=C2OCOC(=C23)/C(C)=C/[C@@](C)(O)[C@@H](O)[C@@H](C)[C@H]1O. The lowest BCUT2D eigenvalue weighted by molar-refractivity contribution is -0.168. The van der Waals surface area contributed by atoms with Crippen LogP contribution >= 0.6 is 0 Å². The average molecular weight is 770 g/mol. The van der Waals surface area contributed by atoms with Gasteiger partial charge in [-0.2, -0.15) is 0 Å². The number of hydrogen-bond donors (Lipinski definition) is 7. The second-order valence-electron chi connectivity index (χ2n) is 14.7. The van der Waals surface area contributed by atoms with Gasteiger partial charge in [0.15, 0.2) is 11.5 Å². The molecule has 7 N–H and O–H groups in total. The maximum Gasteiger partial charge on any atom is 0.313 e. The van der Waals surface area contributed by atoms with E-state index in [9.17, 15) is 49.8 Å². The monoisotopic (exact) mass is 769 g/mol. The minimum absolute atomic E-state index is 0.00256. The van der Waals surface area contributed by atoms with Crippen LogP contribution < -0.4 is 10.1 Å². The van der Waals surface area contributed by atoms with Gasteiger partial charge in [-0.15, -0.1) is 0 Å². The number of fused-ring (bicyclic) bond motifs is 14. The van der Waals surface area contributed by atoms with Crippen LogP contribution in [0.25, 0.3) is 5.57 Å². The highest BCUT2D eigenvalue weighted by Gasteiger charge is 2.47. The molecular formula is C40H51NO14. The van der Waals surface area contributed by atoms with Crippen molar-refractivity contribution in [2.75, 3.05) is 19.2 Å². The van der Waals surface area contributed by atoms with Gasteiger partial charge in [-0.3, -0.25) is 19.2 Å². The summed E-state index contributed by atoms with van der Waals surface area (Å²) in [6, 6.07) is 0. The van der Waals surface area contributed by atoms with E-state index in [1.54, 1.807) is 13.0 Å². The number of aromatic hydroxyl groups is 1. The number of phenols is 1. The summed E-state index contributed by atoms with van der Waals surface area (Å²) >= 11 is 0. The molecule has 3 aliphatic heterocycles. The van der Waals surface area contributed by atoms with E-state index >= 15 is 0 Å². The van der Waals surface area contributed by atoms with E-state index in [4.69, 9.17) is 18.9 Å². The molecule has 0 fully saturated rings. The van der Waals surface area contributed by atoms with E-state index in [0.717, 1.165) is 14.0 Å². The molecule has 5 rings (SSSR count). The first-order valence-electron chi connectivity index (χ1n) is 17.8. The summed E-state index contributed by atoms with van der Waals surface area (Å²) in [5.41, 5.74) is -2.34. The van der Waals surface area contributed by atoms with Crippen molar-refractivity contribution >= 4 is 34.9 Å². The van der Waals surface area contributed by atoms with Crippen molar-refractivity contribution in [1.82, 2.24) is 0 Å². The lowest BCUT2D eigenvalue weighted by Gasteiger charge is -2.39. The van der Waals surface area contributed by atoms with Gasteiger partial charge in [0.1, 0.15) is 28.8 Å². The maximum atomic E-state index is 14.0. The fourth-order valence-electron chi connectivity index (χ4n) is 7.28. The number of esters is 2. The van der Waals surface area contributed by atoms with Gasteiger partial charge in [0, 0.05) is 47.0 Å². The number of allylic oxidation sites excluding steroid dienone is 5. The van der Waals surface area contributed by atoms with E-state index < -0.39 is 89.9 Å². The van der Waals surface area contributed by atoms with Gasteiger partial charge < -0.3 is 54.9 Å². The predicted octanol–water partition coefficient (Wildman–Crippen LogP) is 3.10. The van der Waals surface area contributed by atoms with Crippen molar-refractivity contribution in [1.29, 1.82) is 0 Å². The van der Waals surface area contributed by atoms with Gasteiger partial charge in [-0.25, -0.2) is 0 Å². The summed E-state index contributed by atoms with van der Waals surface area (Å²) in [7, 11) is 1.06. The molecule has 0 saturated heterocycles. The summed E-state index contributed by atoms with van der Waals surface area (Å²) in [6.07, 6.45) is -0.878. The number of methoxy groups -OCH3 is 1. The Morgan fingerprint density at radius 1 is 0.909 bits per heavy atom. The molecule has 3 heterocycles. The number of nitrogens with one attached hydrogen (secondary N) is 1. The third kappa shape index (κ3) is 8.12. The number of aliphatic hydroxyl groups excluding tert-OH is 4. The van der Waals surface area contributed by atoms with Gasteiger partial charge in [0.2, 0.25) is 6.79 Å². The Labute approximate surface area is 319 Å². The molecule has 1 aliphatic carbocycles. The maximum absolute atomic E-state index is 14.0. The topological polar surface area (TPSA) is 239 Å².